The standard InChI is InChI=1S/C21H21Cl2N3O2/c1-2-3-20-24-18-8-9-26(12-16(18)21(27)25-20)11-14-5-7-19(28-14)15-10-13(22)4-6-17(15)23/h4-7,10H,2-3,8-9,11-12H2,1H3,(H,24,25,27). The Morgan fingerprint density at radius 2 is 2.11 bits per heavy atom. The number of nitrogens with zero attached hydrogens (tertiary/aromatic N) is 2. The van der Waals surface area contributed by atoms with Crippen molar-refractivity contribution in [3.8, 4) is 11.3 Å². The van der Waals surface area contributed by atoms with E-state index in [1.807, 2.05) is 12.1 Å². The molecule has 3 aromatic rings. The summed E-state index contributed by atoms with van der Waals surface area (Å²) in [7, 11) is 0. The van der Waals surface area contributed by atoms with Crippen LogP contribution in [0.2, 0.25) is 10.0 Å². The number of aryl methyl sites for hydroxylation is 1. The van der Waals surface area contributed by atoms with Crippen molar-refractivity contribution in [1.29, 1.82) is 0 Å². The maximum absolute atomic E-state index is 12.4. The molecule has 0 fully saturated rings. The fourth-order valence-corrected chi connectivity index (χ4v) is 3.92. The number of aromatic amines is 1. The molecule has 146 valence electrons. The second-order valence-electron chi connectivity index (χ2n) is 7.04. The second-order valence-corrected chi connectivity index (χ2v) is 7.88. The molecule has 5 nitrogen and oxygen atoms in total. The Balaban J connectivity index is 1.50. The number of furan rings is 1. The van der Waals surface area contributed by atoms with E-state index in [1.165, 1.54) is 0 Å². The van der Waals surface area contributed by atoms with Crippen LogP contribution >= 0.6 is 23.2 Å². The van der Waals surface area contributed by atoms with Gasteiger partial charge in [-0.25, -0.2) is 4.98 Å². The van der Waals surface area contributed by atoms with Gasteiger partial charge in [0.2, 0.25) is 0 Å². The Morgan fingerprint density at radius 1 is 1.25 bits per heavy atom. The van der Waals surface area contributed by atoms with Crippen molar-refractivity contribution in [3.05, 3.63) is 73.6 Å². The zero-order valence-corrected chi connectivity index (χ0v) is 17.1. The number of benzene rings is 1. The van der Waals surface area contributed by atoms with Crippen LogP contribution in [-0.4, -0.2) is 21.4 Å². The topological polar surface area (TPSA) is 62.1 Å². The summed E-state index contributed by atoms with van der Waals surface area (Å²) in [6.07, 6.45) is 2.53. The molecular weight excluding hydrogens is 397 g/mol. The highest BCUT2D eigenvalue weighted by Gasteiger charge is 2.22. The average Bonchev–Trinajstić information content (AvgIpc) is 3.13. The van der Waals surface area contributed by atoms with Crippen LogP contribution < -0.4 is 5.56 Å². The second kappa shape index (κ2) is 8.11. The highest BCUT2D eigenvalue weighted by atomic mass is 35.5. The number of hydrogen-bond donors (Lipinski definition) is 1. The van der Waals surface area contributed by atoms with Gasteiger partial charge in [0.05, 0.1) is 22.8 Å². The Kier molecular flexibility index (Phi) is 5.58. The average molecular weight is 418 g/mol. The third-order valence-corrected chi connectivity index (χ3v) is 5.48. The number of rotatable bonds is 5. The molecule has 1 N–H and O–H groups in total. The van der Waals surface area contributed by atoms with Crippen molar-refractivity contribution in [2.75, 3.05) is 6.54 Å². The lowest BCUT2D eigenvalue weighted by atomic mass is 10.1. The fraction of sp³-hybridized carbons (Fsp3) is 0.333. The van der Waals surface area contributed by atoms with E-state index in [9.17, 15) is 4.79 Å². The van der Waals surface area contributed by atoms with E-state index in [4.69, 9.17) is 27.6 Å². The van der Waals surface area contributed by atoms with Gasteiger partial charge in [-0.2, -0.15) is 0 Å². The number of aromatic nitrogens is 2. The van der Waals surface area contributed by atoms with Gasteiger partial charge in [0.25, 0.3) is 5.56 Å². The highest BCUT2D eigenvalue weighted by Crippen LogP contribution is 2.32. The number of fused-ring (bicyclic) bond motifs is 1. The maximum Gasteiger partial charge on any atom is 0.255 e. The molecule has 0 atom stereocenters. The van der Waals surface area contributed by atoms with Gasteiger partial charge < -0.3 is 9.40 Å². The van der Waals surface area contributed by atoms with Crippen molar-refractivity contribution < 1.29 is 4.42 Å². The van der Waals surface area contributed by atoms with Crippen molar-refractivity contribution >= 4 is 23.2 Å². The minimum absolute atomic E-state index is 0.0241. The van der Waals surface area contributed by atoms with Gasteiger partial charge in [0.1, 0.15) is 17.3 Å². The lowest BCUT2D eigenvalue weighted by molar-refractivity contribution is 0.223. The fourth-order valence-electron chi connectivity index (χ4n) is 3.54. The Bertz CT molecular complexity index is 1060. The number of hydrogen-bond acceptors (Lipinski definition) is 4. The third kappa shape index (κ3) is 4.02. The van der Waals surface area contributed by atoms with E-state index in [2.05, 4.69) is 21.8 Å². The molecule has 1 aliphatic heterocycles. The van der Waals surface area contributed by atoms with Crippen LogP contribution in [0.1, 0.15) is 36.2 Å². The molecule has 1 aliphatic rings. The highest BCUT2D eigenvalue weighted by molar-refractivity contribution is 6.35. The van der Waals surface area contributed by atoms with Crippen LogP contribution in [0.15, 0.2) is 39.5 Å². The molecule has 0 radical (unpaired) electrons. The molecule has 0 aliphatic carbocycles. The van der Waals surface area contributed by atoms with Crippen LogP contribution in [0, 0.1) is 0 Å². The normalized spacial score (nSPS) is 14.2. The third-order valence-electron chi connectivity index (χ3n) is 4.92. The van der Waals surface area contributed by atoms with E-state index < -0.39 is 0 Å². The first-order valence-corrected chi connectivity index (χ1v) is 10.2. The quantitative estimate of drug-likeness (QED) is 0.644. The summed E-state index contributed by atoms with van der Waals surface area (Å²) in [5.41, 5.74) is 2.43. The summed E-state index contributed by atoms with van der Waals surface area (Å²) >= 11 is 12.3. The minimum atomic E-state index is -0.0241. The molecule has 0 bridgehead atoms. The lowest BCUT2D eigenvalue weighted by Crippen LogP contribution is -2.35. The van der Waals surface area contributed by atoms with Crippen LogP contribution in [0.3, 0.4) is 0 Å². The Hall–Kier alpha value is -2.08. The molecular formula is C21H21Cl2N3O2. The van der Waals surface area contributed by atoms with Crippen LogP contribution in [0.25, 0.3) is 11.3 Å². The summed E-state index contributed by atoms with van der Waals surface area (Å²) in [6, 6.07) is 9.14. The van der Waals surface area contributed by atoms with Crippen LogP contribution in [-0.2, 0) is 25.9 Å². The van der Waals surface area contributed by atoms with Gasteiger partial charge in [-0.15, -0.1) is 0 Å². The first-order chi connectivity index (χ1) is 13.5. The Labute approximate surface area is 173 Å². The van der Waals surface area contributed by atoms with Crippen LogP contribution in [0.5, 0.6) is 0 Å². The van der Waals surface area contributed by atoms with E-state index in [0.29, 0.717) is 28.9 Å². The number of halogens is 2. The minimum Gasteiger partial charge on any atom is -0.460 e. The molecule has 0 unspecified atom stereocenters. The SMILES string of the molecule is CCCc1nc2c(c(=O)[nH]1)CN(Cc1ccc(-c3cc(Cl)ccc3Cl)o1)CC2. The molecule has 0 saturated carbocycles. The molecule has 28 heavy (non-hydrogen) atoms. The number of nitrogens with one attached hydrogen (secondary N) is 1. The monoisotopic (exact) mass is 417 g/mol. The van der Waals surface area contributed by atoms with E-state index in [1.54, 1.807) is 18.2 Å². The van der Waals surface area contributed by atoms with Gasteiger partial charge in [-0.3, -0.25) is 9.69 Å². The number of H-pyrrole nitrogens is 1. The first-order valence-electron chi connectivity index (χ1n) is 9.41. The van der Waals surface area contributed by atoms with E-state index in [-0.39, 0.29) is 5.56 Å². The van der Waals surface area contributed by atoms with E-state index in [0.717, 1.165) is 54.2 Å². The van der Waals surface area contributed by atoms with E-state index >= 15 is 0 Å². The molecule has 1 aromatic carbocycles. The van der Waals surface area contributed by atoms with Gasteiger partial charge in [0.15, 0.2) is 0 Å². The van der Waals surface area contributed by atoms with Gasteiger partial charge in [0, 0.05) is 36.5 Å². The first kappa shape index (κ1) is 19.2. The largest absolute Gasteiger partial charge is 0.460 e. The molecule has 0 spiro atoms. The molecule has 3 heterocycles. The molecule has 7 heteroatoms. The zero-order chi connectivity index (χ0) is 19.7. The van der Waals surface area contributed by atoms with Crippen LogP contribution in [0.4, 0.5) is 0 Å². The summed E-state index contributed by atoms with van der Waals surface area (Å²) in [4.78, 5) is 22.2. The van der Waals surface area contributed by atoms with Gasteiger partial charge in [-0.05, 0) is 36.8 Å². The molecule has 4 rings (SSSR count). The summed E-state index contributed by atoms with van der Waals surface area (Å²) < 4.78 is 5.99. The summed E-state index contributed by atoms with van der Waals surface area (Å²) in [5.74, 6) is 2.29. The molecule has 2 aromatic heterocycles. The smallest absolute Gasteiger partial charge is 0.255 e. The van der Waals surface area contributed by atoms with Crippen molar-refractivity contribution in [1.82, 2.24) is 14.9 Å². The van der Waals surface area contributed by atoms with Crippen molar-refractivity contribution in [2.24, 2.45) is 0 Å². The Morgan fingerprint density at radius 3 is 2.93 bits per heavy atom. The zero-order valence-electron chi connectivity index (χ0n) is 15.6. The van der Waals surface area contributed by atoms with Gasteiger partial charge in [-0.1, -0.05) is 30.1 Å². The predicted molar refractivity (Wildman–Crippen MR) is 111 cm³/mol. The lowest BCUT2D eigenvalue weighted by Gasteiger charge is -2.26. The van der Waals surface area contributed by atoms with Crippen molar-refractivity contribution in [2.45, 2.75) is 39.3 Å². The maximum atomic E-state index is 12.4. The predicted octanol–water partition coefficient (Wildman–Crippen LogP) is 4.85. The van der Waals surface area contributed by atoms with Crippen molar-refractivity contribution in [3.63, 3.8) is 0 Å². The summed E-state index contributed by atoms with van der Waals surface area (Å²) in [5, 5.41) is 1.21. The summed E-state index contributed by atoms with van der Waals surface area (Å²) in [6.45, 7) is 4.10. The molecule has 0 saturated heterocycles. The molecule has 0 amide bonds. The van der Waals surface area contributed by atoms with Gasteiger partial charge >= 0.3 is 0 Å².